The normalized spacial score (nSPS) is 13.5. The molecule has 5 heteroatoms. The second-order valence-corrected chi connectivity index (χ2v) is 8.05. The summed E-state index contributed by atoms with van der Waals surface area (Å²) in [6, 6.07) is 0. The second kappa shape index (κ2) is 6.05. The Morgan fingerprint density at radius 3 is 2.77 bits per heavy atom. The van der Waals surface area contributed by atoms with Crippen molar-refractivity contribution in [2.45, 2.75) is 44.8 Å². The van der Waals surface area contributed by atoms with E-state index in [1.807, 2.05) is 13.8 Å². The third kappa shape index (κ3) is 2.79. The first-order valence-electron chi connectivity index (χ1n) is 7.44. The van der Waals surface area contributed by atoms with E-state index in [1.165, 1.54) is 4.88 Å². The van der Waals surface area contributed by atoms with E-state index in [4.69, 9.17) is 0 Å². The second-order valence-electron chi connectivity index (χ2n) is 6.02. The van der Waals surface area contributed by atoms with E-state index in [0.717, 1.165) is 51.7 Å². The summed E-state index contributed by atoms with van der Waals surface area (Å²) in [6.07, 6.45) is 3.02. The lowest BCUT2D eigenvalue weighted by Crippen LogP contribution is -2.08. The number of hydrogen-bond donors (Lipinski definition) is 0. The molecule has 1 aliphatic rings. The molecule has 0 atom stereocenters. The van der Waals surface area contributed by atoms with Crippen LogP contribution in [0.1, 0.15) is 30.7 Å². The Morgan fingerprint density at radius 2 is 2.09 bits per heavy atom. The van der Waals surface area contributed by atoms with Crippen molar-refractivity contribution in [1.82, 2.24) is 9.55 Å². The van der Waals surface area contributed by atoms with Gasteiger partial charge in [0.15, 0.2) is 5.16 Å². The Kier molecular flexibility index (Phi) is 4.28. The van der Waals surface area contributed by atoms with Crippen molar-refractivity contribution in [2.24, 2.45) is 0 Å². The van der Waals surface area contributed by atoms with Gasteiger partial charge in [0.25, 0.3) is 0 Å². The van der Waals surface area contributed by atoms with Gasteiger partial charge < -0.3 is 4.57 Å². The molecule has 0 saturated heterocycles. The fourth-order valence-corrected chi connectivity index (χ4v) is 4.90. The van der Waals surface area contributed by atoms with Crippen molar-refractivity contribution in [2.75, 3.05) is 5.75 Å². The van der Waals surface area contributed by atoms with Crippen LogP contribution >= 0.6 is 23.1 Å². The summed E-state index contributed by atoms with van der Waals surface area (Å²) >= 11 is 3.39. The molecule has 2 aromatic heterocycles. The minimum atomic E-state index is 0.138. The van der Waals surface area contributed by atoms with Gasteiger partial charge >= 0.3 is 0 Å². The third-order valence-corrected chi connectivity index (χ3v) is 6.15. The average Bonchev–Trinajstić information content (AvgIpc) is 3.03. The van der Waals surface area contributed by atoms with Crippen LogP contribution in [0.4, 0.5) is 0 Å². The topological polar surface area (TPSA) is 34.9 Å². The SMILES string of the molecule is C=C(C)CSc1nc2c(=O)c3c(sc2n1CC(=C)C)CCC3. The van der Waals surface area contributed by atoms with Crippen molar-refractivity contribution in [3.63, 3.8) is 0 Å². The van der Waals surface area contributed by atoms with Crippen LogP contribution in [0.3, 0.4) is 0 Å². The fourth-order valence-electron chi connectivity index (χ4n) is 2.71. The van der Waals surface area contributed by atoms with Crippen LogP contribution in [0, 0.1) is 0 Å². The molecular weight excluding hydrogens is 312 g/mol. The van der Waals surface area contributed by atoms with Crippen LogP contribution < -0.4 is 5.43 Å². The maximum atomic E-state index is 12.7. The molecule has 2 heterocycles. The highest BCUT2D eigenvalue weighted by Crippen LogP contribution is 2.32. The number of rotatable bonds is 5. The molecule has 22 heavy (non-hydrogen) atoms. The van der Waals surface area contributed by atoms with Gasteiger partial charge in [-0.1, -0.05) is 36.1 Å². The minimum Gasteiger partial charge on any atom is -0.306 e. The number of aromatic nitrogens is 2. The van der Waals surface area contributed by atoms with Crippen LogP contribution in [-0.2, 0) is 19.4 Å². The van der Waals surface area contributed by atoms with Crippen LogP contribution in [-0.4, -0.2) is 15.3 Å². The maximum Gasteiger partial charge on any atom is 0.211 e. The highest BCUT2D eigenvalue weighted by Gasteiger charge is 2.22. The van der Waals surface area contributed by atoms with Gasteiger partial charge in [-0.25, -0.2) is 4.98 Å². The Hall–Kier alpha value is -1.33. The molecule has 0 fully saturated rings. The van der Waals surface area contributed by atoms with Crippen LogP contribution in [0.2, 0.25) is 0 Å². The van der Waals surface area contributed by atoms with Crippen LogP contribution in [0.15, 0.2) is 34.3 Å². The van der Waals surface area contributed by atoms with Crippen molar-refractivity contribution < 1.29 is 0 Å². The highest BCUT2D eigenvalue weighted by atomic mass is 32.2. The Bertz CT molecular complexity index is 829. The van der Waals surface area contributed by atoms with Gasteiger partial charge in [-0.15, -0.1) is 11.3 Å². The number of aryl methyl sites for hydroxylation is 1. The zero-order valence-electron chi connectivity index (χ0n) is 13.1. The molecule has 2 aromatic rings. The molecule has 0 aromatic carbocycles. The molecule has 0 aliphatic heterocycles. The van der Waals surface area contributed by atoms with Crippen molar-refractivity contribution >= 4 is 33.4 Å². The predicted molar refractivity (Wildman–Crippen MR) is 96.3 cm³/mol. The molecule has 0 amide bonds. The van der Waals surface area contributed by atoms with Gasteiger partial charge in [0.2, 0.25) is 5.43 Å². The summed E-state index contributed by atoms with van der Waals surface area (Å²) in [6.45, 7) is 12.7. The molecule has 1 aliphatic carbocycles. The van der Waals surface area contributed by atoms with Gasteiger partial charge in [0, 0.05) is 22.7 Å². The lowest BCUT2D eigenvalue weighted by molar-refractivity contribution is 0.726. The zero-order valence-corrected chi connectivity index (χ0v) is 14.7. The highest BCUT2D eigenvalue weighted by molar-refractivity contribution is 7.99. The summed E-state index contributed by atoms with van der Waals surface area (Å²) in [5, 5.41) is 0.901. The number of imidazole rings is 1. The predicted octanol–water partition coefficient (Wildman–Crippen LogP) is 4.19. The van der Waals surface area contributed by atoms with E-state index in [-0.39, 0.29) is 5.43 Å². The minimum absolute atomic E-state index is 0.138. The molecule has 0 unspecified atom stereocenters. The Labute approximate surface area is 138 Å². The first-order chi connectivity index (χ1) is 10.5. The summed E-state index contributed by atoms with van der Waals surface area (Å²) < 4.78 is 2.15. The first-order valence-corrected chi connectivity index (χ1v) is 9.24. The smallest absolute Gasteiger partial charge is 0.211 e. The first kappa shape index (κ1) is 15.6. The number of thioether (sulfide) groups is 1. The Balaban J connectivity index is 2.18. The summed E-state index contributed by atoms with van der Waals surface area (Å²) in [4.78, 5) is 19.6. The third-order valence-electron chi connectivity index (χ3n) is 3.64. The zero-order chi connectivity index (χ0) is 15.9. The molecule has 3 nitrogen and oxygen atoms in total. The lowest BCUT2D eigenvalue weighted by Gasteiger charge is -2.08. The van der Waals surface area contributed by atoms with E-state index >= 15 is 0 Å². The molecule has 0 radical (unpaired) electrons. The molecule has 116 valence electrons. The van der Waals surface area contributed by atoms with Crippen LogP contribution in [0.25, 0.3) is 10.3 Å². The number of hydrogen-bond acceptors (Lipinski definition) is 4. The molecule has 0 N–H and O–H groups in total. The van der Waals surface area contributed by atoms with Gasteiger partial charge in [-0.3, -0.25) is 4.79 Å². The average molecular weight is 332 g/mol. The molecule has 0 saturated carbocycles. The van der Waals surface area contributed by atoms with E-state index in [2.05, 4.69) is 22.7 Å². The summed E-state index contributed by atoms with van der Waals surface area (Å²) in [7, 11) is 0. The number of fused-ring (bicyclic) bond motifs is 2. The van der Waals surface area contributed by atoms with Gasteiger partial charge in [-0.2, -0.15) is 0 Å². The molecular formula is C17H20N2OS2. The van der Waals surface area contributed by atoms with Crippen molar-refractivity contribution in [3.8, 4) is 0 Å². The van der Waals surface area contributed by atoms with Gasteiger partial charge in [0.05, 0.1) is 0 Å². The Morgan fingerprint density at radius 1 is 1.32 bits per heavy atom. The van der Waals surface area contributed by atoms with Crippen LogP contribution in [0.5, 0.6) is 0 Å². The standard InChI is InChI=1S/C17H20N2OS2/c1-10(2)8-19-16-14(18-17(19)21-9-11(3)4)15(20)12-6-5-7-13(12)22-16/h1,3,5-9H2,2,4H3. The number of allylic oxidation sites excluding steroid dienone is 1. The molecule has 3 rings (SSSR count). The quantitative estimate of drug-likeness (QED) is 0.608. The van der Waals surface area contributed by atoms with Crippen molar-refractivity contribution in [1.29, 1.82) is 0 Å². The van der Waals surface area contributed by atoms with Crippen molar-refractivity contribution in [3.05, 3.63) is 45.0 Å². The molecule has 0 spiro atoms. The van der Waals surface area contributed by atoms with E-state index in [1.54, 1.807) is 23.1 Å². The van der Waals surface area contributed by atoms with E-state index in [9.17, 15) is 4.79 Å². The van der Waals surface area contributed by atoms with E-state index in [0.29, 0.717) is 12.1 Å². The lowest BCUT2D eigenvalue weighted by atomic mass is 10.2. The summed E-state index contributed by atoms with van der Waals surface area (Å²) in [5.41, 5.74) is 3.94. The largest absolute Gasteiger partial charge is 0.306 e. The molecule has 0 bridgehead atoms. The van der Waals surface area contributed by atoms with Gasteiger partial charge in [0.1, 0.15) is 10.3 Å². The monoisotopic (exact) mass is 332 g/mol. The fraction of sp³-hybridized carbons (Fsp3) is 0.412. The maximum absolute atomic E-state index is 12.7. The summed E-state index contributed by atoms with van der Waals surface area (Å²) in [5.74, 6) is 0.818. The number of nitrogens with zero attached hydrogens (tertiary/aromatic N) is 2. The van der Waals surface area contributed by atoms with E-state index < -0.39 is 0 Å². The van der Waals surface area contributed by atoms with Gasteiger partial charge in [-0.05, 0) is 33.1 Å².